The third-order valence-electron chi connectivity index (χ3n) is 5.55. The summed E-state index contributed by atoms with van der Waals surface area (Å²) in [6.45, 7) is 5.92. The Kier molecular flexibility index (Phi) is 5.99. The lowest BCUT2D eigenvalue weighted by atomic mass is 10.2. The monoisotopic (exact) mass is 406 g/mol. The number of hydroxylamine groups is 3. The molecule has 2 saturated heterocycles. The largest absolute Gasteiger partial charge is 0.625 e. The summed E-state index contributed by atoms with van der Waals surface area (Å²) in [5, 5.41) is 15.9. The van der Waals surface area contributed by atoms with Crippen LogP contribution in [0.5, 0.6) is 0 Å². The zero-order chi connectivity index (χ0) is 18.7. The third kappa shape index (κ3) is 4.30. The van der Waals surface area contributed by atoms with Gasteiger partial charge in [0.15, 0.2) is 0 Å². The number of rotatable bonds is 6. The summed E-state index contributed by atoms with van der Waals surface area (Å²) in [5.74, 6) is 2.15. The molecule has 1 unspecified atom stereocenters. The Bertz CT molecular complexity index is 791. The van der Waals surface area contributed by atoms with Crippen LogP contribution >= 0.6 is 23.1 Å². The van der Waals surface area contributed by atoms with Crippen LogP contribution < -0.4 is 4.90 Å². The molecule has 6 nitrogen and oxygen atoms in total. The molecule has 2 aliphatic heterocycles. The van der Waals surface area contributed by atoms with Gasteiger partial charge in [0.2, 0.25) is 0 Å². The van der Waals surface area contributed by atoms with Gasteiger partial charge in [0.25, 0.3) is 0 Å². The summed E-state index contributed by atoms with van der Waals surface area (Å²) in [5.41, 5.74) is 0. The lowest BCUT2D eigenvalue weighted by Gasteiger charge is -2.42. The molecule has 27 heavy (non-hydrogen) atoms. The van der Waals surface area contributed by atoms with Gasteiger partial charge in [-0.3, -0.25) is 9.55 Å². The van der Waals surface area contributed by atoms with Crippen molar-refractivity contribution in [2.24, 2.45) is 0 Å². The van der Waals surface area contributed by atoms with Gasteiger partial charge in [-0.05, 0) is 36.9 Å². The predicted octanol–water partition coefficient (Wildman–Crippen LogP) is 2.79. The zero-order valence-electron chi connectivity index (χ0n) is 15.5. The van der Waals surface area contributed by atoms with Gasteiger partial charge in [-0.15, -0.1) is 23.1 Å². The molecular weight excluding hydrogens is 380 g/mol. The maximum absolute atomic E-state index is 12.5. The normalized spacial score (nSPS) is 24.6. The number of piperazine rings is 1. The van der Waals surface area contributed by atoms with Gasteiger partial charge < -0.3 is 10.1 Å². The van der Waals surface area contributed by atoms with Crippen LogP contribution in [0.1, 0.15) is 12.8 Å². The van der Waals surface area contributed by atoms with E-state index < -0.39 is 4.65 Å². The number of thioether (sulfide) groups is 1. The van der Waals surface area contributed by atoms with Crippen molar-refractivity contribution in [2.45, 2.75) is 12.8 Å². The van der Waals surface area contributed by atoms with E-state index in [0.29, 0.717) is 18.8 Å². The van der Waals surface area contributed by atoms with Gasteiger partial charge in [0, 0.05) is 48.2 Å². The quantitative estimate of drug-likeness (QED) is 0.418. The lowest BCUT2D eigenvalue weighted by Crippen LogP contribution is -2.53. The first-order valence-corrected chi connectivity index (χ1v) is 11.7. The van der Waals surface area contributed by atoms with E-state index in [9.17, 15) is 10.0 Å². The molecule has 2 aromatic rings. The highest BCUT2D eigenvalue weighted by Crippen LogP contribution is 2.29. The van der Waals surface area contributed by atoms with E-state index in [0.717, 1.165) is 57.1 Å². The van der Waals surface area contributed by atoms with Gasteiger partial charge in [0.1, 0.15) is 11.6 Å². The summed E-state index contributed by atoms with van der Waals surface area (Å²) in [6, 6.07) is 4.24. The average molecular weight is 407 g/mol. The number of amides is 1. The first kappa shape index (κ1) is 19.1. The standard InChI is InChI=1S/C19H26N4O2S2/c24-18-15-26-14-12-23(18,25)11-2-1-6-21-7-9-22(10-8-21)19-16-4-13-27-17(16)3-5-20-19/h3-5,13H,1-2,6-12,14-15H2. The maximum atomic E-state index is 12.5. The van der Waals surface area contributed by atoms with Crippen molar-refractivity contribution >= 4 is 44.9 Å². The van der Waals surface area contributed by atoms with Crippen molar-refractivity contribution in [3.05, 3.63) is 28.9 Å². The number of aromatic nitrogens is 1. The van der Waals surface area contributed by atoms with E-state index in [1.165, 1.54) is 10.1 Å². The molecule has 0 aromatic carbocycles. The molecule has 0 aliphatic carbocycles. The Hall–Kier alpha value is -1.19. The van der Waals surface area contributed by atoms with Crippen molar-refractivity contribution in [1.29, 1.82) is 0 Å². The van der Waals surface area contributed by atoms with Crippen LogP contribution in [0.2, 0.25) is 0 Å². The average Bonchev–Trinajstić information content (AvgIpc) is 3.17. The highest BCUT2D eigenvalue weighted by molar-refractivity contribution is 8.00. The highest BCUT2D eigenvalue weighted by atomic mass is 32.2. The minimum atomic E-state index is -0.600. The predicted molar refractivity (Wildman–Crippen MR) is 113 cm³/mol. The van der Waals surface area contributed by atoms with Crippen molar-refractivity contribution in [1.82, 2.24) is 9.88 Å². The van der Waals surface area contributed by atoms with Crippen molar-refractivity contribution in [3.63, 3.8) is 0 Å². The number of carbonyl (C=O) groups is 1. The molecule has 0 bridgehead atoms. The number of unbranched alkanes of at least 4 members (excludes halogenated alkanes) is 1. The second-order valence-electron chi connectivity index (χ2n) is 7.29. The van der Waals surface area contributed by atoms with E-state index >= 15 is 0 Å². The Labute approximate surface area is 168 Å². The summed E-state index contributed by atoms with van der Waals surface area (Å²) >= 11 is 3.35. The minimum Gasteiger partial charge on any atom is -0.625 e. The van der Waals surface area contributed by atoms with Crippen molar-refractivity contribution in [3.8, 4) is 0 Å². The van der Waals surface area contributed by atoms with Gasteiger partial charge in [0.05, 0.1) is 13.1 Å². The molecule has 1 atom stereocenters. The number of nitrogens with zero attached hydrogens (tertiary/aromatic N) is 4. The number of hydrogen-bond acceptors (Lipinski definition) is 7. The van der Waals surface area contributed by atoms with Crippen LogP contribution in [0.4, 0.5) is 5.82 Å². The minimum absolute atomic E-state index is 0.144. The van der Waals surface area contributed by atoms with Gasteiger partial charge in [-0.2, -0.15) is 0 Å². The highest BCUT2D eigenvalue weighted by Gasteiger charge is 2.30. The molecule has 8 heteroatoms. The van der Waals surface area contributed by atoms with E-state index in [1.54, 1.807) is 23.1 Å². The molecule has 1 amide bonds. The fourth-order valence-electron chi connectivity index (χ4n) is 3.87. The number of carbonyl (C=O) groups excluding carboxylic acids is 1. The van der Waals surface area contributed by atoms with Crippen molar-refractivity contribution in [2.75, 3.05) is 62.2 Å². The van der Waals surface area contributed by atoms with Crippen LogP contribution in [-0.2, 0) is 4.79 Å². The Balaban J connectivity index is 1.22. The fraction of sp³-hybridized carbons (Fsp3) is 0.579. The first-order chi connectivity index (χ1) is 13.2. The van der Waals surface area contributed by atoms with Gasteiger partial charge >= 0.3 is 5.91 Å². The first-order valence-electron chi connectivity index (χ1n) is 9.64. The topological polar surface area (TPSA) is 59.5 Å². The Morgan fingerprint density at radius 2 is 2.04 bits per heavy atom. The van der Waals surface area contributed by atoms with E-state index in [4.69, 9.17) is 0 Å². The molecule has 4 rings (SSSR count). The van der Waals surface area contributed by atoms with Crippen LogP contribution in [0.3, 0.4) is 0 Å². The fourth-order valence-corrected chi connectivity index (χ4v) is 5.62. The molecule has 0 N–H and O–H groups in total. The van der Waals surface area contributed by atoms with E-state index in [-0.39, 0.29) is 5.91 Å². The summed E-state index contributed by atoms with van der Waals surface area (Å²) in [7, 11) is 0. The summed E-state index contributed by atoms with van der Waals surface area (Å²) in [6.07, 6.45) is 3.72. The molecule has 4 heterocycles. The Morgan fingerprint density at radius 3 is 2.85 bits per heavy atom. The molecule has 2 aromatic heterocycles. The summed E-state index contributed by atoms with van der Waals surface area (Å²) in [4.78, 5) is 21.3. The number of pyridine rings is 1. The molecular formula is C19H26N4O2S2. The number of quaternary nitrogens is 1. The second-order valence-corrected chi connectivity index (χ2v) is 9.34. The van der Waals surface area contributed by atoms with Crippen molar-refractivity contribution < 1.29 is 9.44 Å². The Morgan fingerprint density at radius 1 is 1.19 bits per heavy atom. The number of hydrogen-bond donors (Lipinski definition) is 0. The molecule has 146 valence electrons. The molecule has 2 aliphatic rings. The lowest BCUT2D eigenvalue weighted by molar-refractivity contribution is -0.801. The number of thiophene rings is 1. The van der Waals surface area contributed by atoms with Crippen LogP contribution in [-0.4, -0.2) is 77.8 Å². The van der Waals surface area contributed by atoms with E-state index in [2.05, 4.69) is 32.3 Å². The molecule has 0 saturated carbocycles. The molecule has 2 fully saturated rings. The van der Waals surface area contributed by atoms with Crippen LogP contribution in [0.25, 0.3) is 10.1 Å². The number of anilines is 1. The van der Waals surface area contributed by atoms with Gasteiger partial charge in [-0.1, -0.05) is 0 Å². The molecule has 0 radical (unpaired) electrons. The zero-order valence-corrected chi connectivity index (χ0v) is 17.1. The number of fused-ring (bicyclic) bond motifs is 1. The van der Waals surface area contributed by atoms with Crippen LogP contribution in [0, 0.1) is 5.21 Å². The second kappa shape index (κ2) is 8.45. The summed E-state index contributed by atoms with van der Waals surface area (Å²) < 4.78 is 0.694. The van der Waals surface area contributed by atoms with E-state index in [1.807, 2.05) is 6.20 Å². The van der Waals surface area contributed by atoms with Gasteiger partial charge in [-0.25, -0.2) is 9.78 Å². The SMILES string of the molecule is O=C1CSCC[N+]1([O-])CCCCN1CCN(c2nccc3sccc23)CC1. The van der Waals surface area contributed by atoms with Crippen LogP contribution in [0.15, 0.2) is 23.7 Å². The third-order valence-corrected chi connectivity index (χ3v) is 7.36. The molecule has 0 spiro atoms. The smallest absolute Gasteiger partial charge is 0.323 e. The maximum Gasteiger partial charge on any atom is 0.323 e.